The van der Waals surface area contributed by atoms with Crippen molar-refractivity contribution in [3.63, 3.8) is 0 Å². The van der Waals surface area contributed by atoms with Crippen LogP contribution in [-0.2, 0) is 13.5 Å². The molecule has 2 rings (SSSR count). The van der Waals surface area contributed by atoms with E-state index < -0.39 is 0 Å². The summed E-state index contributed by atoms with van der Waals surface area (Å²) in [4.78, 5) is 20.2. The molecule has 0 radical (unpaired) electrons. The molecule has 0 bridgehead atoms. The molecule has 0 atom stereocenters. The highest BCUT2D eigenvalue weighted by Crippen LogP contribution is 2.10. The topological polar surface area (TPSA) is 47.8 Å². The van der Waals surface area contributed by atoms with Gasteiger partial charge in [0, 0.05) is 50.2 Å². The number of aromatic nitrogens is 3. The Morgan fingerprint density at radius 2 is 2.24 bits per heavy atom. The molecule has 2 aromatic rings. The van der Waals surface area contributed by atoms with E-state index in [9.17, 15) is 4.79 Å². The third kappa shape index (κ3) is 2.58. The number of hydrogen-bond donors (Lipinski definition) is 0. The molecule has 88 valence electrons. The fraction of sp³-hybridized carbons (Fsp3) is 0.308. The monoisotopic (exact) mass is 229 g/mol. The Kier molecular flexibility index (Phi) is 3.32. The number of imidazole rings is 1. The average Bonchev–Trinajstić information content (AvgIpc) is 2.72. The number of Topliss-reactive ketones (excluding diaryl/α,β-unsaturated/α-hetero) is 1. The van der Waals surface area contributed by atoms with Crippen LogP contribution in [0.25, 0.3) is 0 Å². The van der Waals surface area contributed by atoms with Crippen molar-refractivity contribution in [1.82, 2.24) is 14.5 Å². The second-order valence-corrected chi connectivity index (χ2v) is 4.07. The fourth-order valence-corrected chi connectivity index (χ4v) is 1.75. The molecule has 2 heterocycles. The van der Waals surface area contributed by atoms with Gasteiger partial charge in [-0.1, -0.05) is 0 Å². The molecule has 0 unspecified atom stereocenters. The Balaban J connectivity index is 2.04. The maximum absolute atomic E-state index is 12.0. The van der Waals surface area contributed by atoms with Gasteiger partial charge in [-0.05, 0) is 18.6 Å². The molecule has 0 aliphatic heterocycles. The van der Waals surface area contributed by atoms with E-state index in [-0.39, 0.29) is 5.78 Å². The summed E-state index contributed by atoms with van der Waals surface area (Å²) >= 11 is 0. The molecule has 2 aromatic heterocycles. The van der Waals surface area contributed by atoms with Crippen LogP contribution in [0, 0.1) is 6.92 Å². The highest BCUT2D eigenvalue weighted by Gasteiger charge is 2.10. The van der Waals surface area contributed by atoms with Gasteiger partial charge in [0.25, 0.3) is 0 Å². The van der Waals surface area contributed by atoms with E-state index in [0.29, 0.717) is 18.4 Å². The van der Waals surface area contributed by atoms with Crippen molar-refractivity contribution < 1.29 is 4.79 Å². The molecule has 0 fully saturated rings. The zero-order chi connectivity index (χ0) is 12.3. The summed E-state index contributed by atoms with van der Waals surface area (Å²) in [6, 6.07) is 1.86. The summed E-state index contributed by atoms with van der Waals surface area (Å²) in [5.74, 6) is 1.05. The third-order valence-corrected chi connectivity index (χ3v) is 2.84. The largest absolute Gasteiger partial charge is 0.338 e. The summed E-state index contributed by atoms with van der Waals surface area (Å²) in [5.41, 5.74) is 1.69. The van der Waals surface area contributed by atoms with Gasteiger partial charge in [-0.2, -0.15) is 0 Å². The van der Waals surface area contributed by atoms with Gasteiger partial charge in [0.1, 0.15) is 5.82 Å². The van der Waals surface area contributed by atoms with Crippen molar-refractivity contribution in [2.45, 2.75) is 19.8 Å². The second-order valence-electron chi connectivity index (χ2n) is 4.07. The molecule has 0 spiro atoms. The van der Waals surface area contributed by atoms with Gasteiger partial charge >= 0.3 is 0 Å². The van der Waals surface area contributed by atoms with Gasteiger partial charge < -0.3 is 4.57 Å². The molecule has 0 saturated heterocycles. The third-order valence-electron chi connectivity index (χ3n) is 2.84. The molecule has 4 heteroatoms. The van der Waals surface area contributed by atoms with E-state index in [4.69, 9.17) is 0 Å². The number of ketones is 1. The molecule has 17 heavy (non-hydrogen) atoms. The van der Waals surface area contributed by atoms with Crippen molar-refractivity contribution in [2.24, 2.45) is 7.05 Å². The standard InChI is InChI=1S/C13H15N3O/c1-10-5-6-14-9-11(10)12(17)3-4-13-15-7-8-16(13)2/h5-9H,3-4H2,1-2H3. The van der Waals surface area contributed by atoms with Crippen LogP contribution in [0.5, 0.6) is 0 Å². The number of hydrogen-bond acceptors (Lipinski definition) is 3. The average molecular weight is 229 g/mol. The fourth-order valence-electron chi connectivity index (χ4n) is 1.75. The van der Waals surface area contributed by atoms with Crippen LogP contribution in [0.2, 0.25) is 0 Å². The highest BCUT2D eigenvalue weighted by atomic mass is 16.1. The zero-order valence-corrected chi connectivity index (χ0v) is 10.1. The minimum Gasteiger partial charge on any atom is -0.338 e. The highest BCUT2D eigenvalue weighted by molar-refractivity contribution is 5.97. The van der Waals surface area contributed by atoms with Gasteiger partial charge in [-0.3, -0.25) is 9.78 Å². The number of carbonyl (C=O) groups is 1. The molecule has 0 aliphatic rings. The summed E-state index contributed by atoms with van der Waals surface area (Å²) in [6.45, 7) is 1.93. The van der Waals surface area contributed by atoms with Crippen LogP contribution in [0.3, 0.4) is 0 Å². The molecule has 0 amide bonds. The summed E-state index contributed by atoms with van der Waals surface area (Å²) in [6.07, 6.45) is 8.10. The lowest BCUT2D eigenvalue weighted by Crippen LogP contribution is -2.06. The van der Waals surface area contributed by atoms with E-state index in [0.717, 1.165) is 11.4 Å². The van der Waals surface area contributed by atoms with E-state index in [1.54, 1.807) is 18.6 Å². The maximum Gasteiger partial charge on any atom is 0.165 e. The van der Waals surface area contributed by atoms with Gasteiger partial charge in [0.05, 0.1) is 0 Å². The van der Waals surface area contributed by atoms with Crippen molar-refractivity contribution >= 4 is 5.78 Å². The van der Waals surface area contributed by atoms with Crippen LogP contribution in [0.1, 0.15) is 28.2 Å². The first kappa shape index (κ1) is 11.5. The smallest absolute Gasteiger partial charge is 0.165 e. The first-order valence-corrected chi connectivity index (χ1v) is 5.58. The van der Waals surface area contributed by atoms with E-state index in [1.807, 2.05) is 30.8 Å². The van der Waals surface area contributed by atoms with Crippen molar-refractivity contribution in [1.29, 1.82) is 0 Å². The number of rotatable bonds is 4. The lowest BCUT2D eigenvalue weighted by atomic mass is 10.0. The zero-order valence-electron chi connectivity index (χ0n) is 10.1. The first-order valence-electron chi connectivity index (χ1n) is 5.58. The lowest BCUT2D eigenvalue weighted by molar-refractivity contribution is 0.0981. The Hall–Kier alpha value is -1.97. The van der Waals surface area contributed by atoms with Gasteiger partial charge in [0.15, 0.2) is 5.78 Å². The minimum absolute atomic E-state index is 0.124. The summed E-state index contributed by atoms with van der Waals surface area (Å²) in [5, 5.41) is 0. The molecular formula is C13H15N3O. The molecule has 0 aliphatic carbocycles. The first-order chi connectivity index (χ1) is 8.18. The normalized spacial score (nSPS) is 10.5. The Bertz CT molecular complexity index is 531. The van der Waals surface area contributed by atoms with Crippen LogP contribution in [0.4, 0.5) is 0 Å². The predicted molar refractivity (Wildman–Crippen MR) is 64.8 cm³/mol. The SMILES string of the molecule is Cc1ccncc1C(=O)CCc1nccn1C. The lowest BCUT2D eigenvalue weighted by Gasteiger charge is -2.04. The van der Waals surface area contributed by atoms with Gasteiger partial charge in [-0.25, -0.2) is 4.98 Å². The molecular weight excluding hydrogens is 214 g/mol. The quantitative estimate of drug-likeness (QED) is 0.753. The number of nitrogens with zero attached hydrogens (tertiary/aromatic N) is 3. The van der Waals surface area contributed by atoms with Crippen molar-refractivity contribution in [2.75, 3.05) is 0 Å². The second kappa shape index (κ2) is 4.91. The number of pyridine rings is 1. The van der Waals surface area contributed by atoms with E-state index >= 15 is 0 Å². The van der Waals surface area contributed by atoms with E-state index in [1.165, 1.54) is 0 Å². The Morgan fingerprint density at radius 3 is 2.88 bits per heavy atom. The van der Waals surface area contributed by atoms with Crippen LogP contribution < -0.4 is 0 Å². The number of aryl methyl sites for hydroxylation is 3. The predicted octanol–water partition coefficient (Wildman–Crippen LogP) is 1.94. The molecule has 4 nitrogen and oxygen atoms in total. The van der Waals surface area contributed by atoms with Crippen molar-refractivity contribution in [3.05, 3.63) is 47.8 Å². The molecule has 0 saturated carbocycles. The number of carbonyl (C=O) groups excluding carboxylic acids is 1. The van der Waals surface area contributed by atoms with Crippen LogP contribution in [-0.4, -0.2) is 20.3 Å². The Morgan fingerprint density at radius 1 is 1.41 bits per heavy atom. The maximum atomic E-state index is 12.0. The molecule has 0 N–H and O–H groups in total. The Labute approximate surface area is 100 Å². The van der Waals surface area contributed by atoms with Gasteiger partial charge in [-0.15, -0.1) is 0 Å². The molecule has 0 aromatic carbocycles. The van der Waals surface area contributed by atoms with Gasteiger partial charge in [0.2, 0.25) is 0 Å². The van der Waals surface area contributed by atoms with E-state index in [2.05, 4.69) is 9.97 Å². The summed E-state index contributed by atoms with van der Waals surface area (Å²) < 4.78 is 1.93. The van der Waals surface area contributed by atoms with Crippen molar-refractivity contribution in [3.8, 4) is 0 Å². The minimum atomic E-state index is 0.124. The summed E-state index contributed by atoms with van der Waals surface area (Å²) in [7, 11) is 1.93. The van der Waals surface area contributed by atoms with Crippen LogP contribution in [0.15, 0.2) is 30.9 Å². The van der Waals surface area contributed by atoms with Crippen LogP contribution >= 0.6 is 0 Å².